The lowest BCUT2D eigenvalue weighted by atomic mass is 10.1. The van der Waals surface area contributed by atoms with Crippen LogP contribution < -0.4 is 10.6 Å². The molecule has 2 aromatic carbocycles. The third-order valence-corrected chi connectivity index (χ3v) is 5.05. The number of anilines is 1. The highest BCUT2D eigenvalue weighted by molar-refractivity contribution is 6.42. The average molecular weight is 360 g/mol. The van der Waals surface area contributed by atoms with Crippen molar-refractivity contribution in [1.29, 1.82) is 0 Å². The molecular formula is C18H15Cl2N3O. The normalized spacial score (nSPS) is 16.2. The Bertz CT molecular complexity index is 935. The zero-order valence-corrected chi connectivity index (χ0v) is 14.2. The van der Waals surface area contributed by atoms with Crippen molar-refractivity contribution < 1.29 is 4.79 Å². The van der Waals surface area contributed by atoms with Crippen LogP contribution in [0.1, 0.15) is 11.3 Å². The average Bonchev–Trinajstić information content (AvgIpc) is 3.08. The summed E-state index contributed by atoms with van der Waals surface area (Å²) < 4.78 is 0. The van der Waals surface area contributed by atoms with Crippen molar-refractivity contribution in [3.63, 3.8) is 0 Å². The van der Waals surface area contributed by atoms with Gasteiger partial charge < -0.3 is 15.6 Å². The van der Waals surface area contributed by atoms with Gasteiger partial charge in [0.25, 0.3) is 0 Å². The van der Waals surface area contributed by atoms with E-state index in [1.165, 1.54) is 16.6 Å². The monoisotopic (exact) mass is 359 g/mol. The van der Waals surface area contributed by atoms with Crippen molar-refractivity contribution in [3.05, 3.63) is 63.8 Å². The molecule has 1 aliphatic rings. The van der Waals surface area contributed by atoms with E-state index in [0.29, 0.717) is 15.7 Å². The lowest BCUT2D eigenvalue weighted by Gasteiger charge is -2.14. The minimum absolute atomic E-state index is 0.0821. The van der Waals surface area contributed by atoms with Crippen LogP contribution in [-0.2, 0) is 12.8 Å². The van der Waals surface area contributed by atoms with Gasteiger partial charge in [0, 0.05) is 34.7 Å². The third kappa shape index (κ3) is 2.83. The number of nitrogens with one attached hydrogen (secondary N) is 3. The zero-order valence-electron chi connectivity index (χ0n) is 12.7. The lowest BCUT2D eigenvalue weighted by molar-refractivity contribution is 0.249. The van der Waals surface area contributed by atoms with Gasteiger partial charge in [-0.1, -0.05) is 41.4 Å². The van der Waals surface area contributed by atoms with Gasteiger partial charge in [0.2, 0.25) is 0 Å². The summed E-state index contributed by atoms with van der Waals surface area (Å²) in [7, 11) is 0. The first-order valence-corrected chi connectivity index (χ1v) is 8.47. The molecule has 6 heteroatoms. The van der Waals surface area contributed by atoms with E-state index in [1.54, 1.807) is 18.2 Å². The molecule has 24 heavy (non-hydrogen) atoms. The maximum absolute atomic E-state index is 12.2. The molecule has 0 spiro atoms. The summed E-state index contributed by atoms with van der Waals surface area (Å²) in [6, 6.07) is 13.1. The number of rotatable bonds is 2. The van der Waals surface area contributed by atoms with Crippen LogP contribution in [0.2, 0.25) is 10.0 Å². The summed E-state index contributed by atoms with van der Waals surface area (Å²) in [5.41, 5.74) is 4.27. The Morgan fingerprint density at radius 3 is 2.75 bits per heavy atom. The number of amides is 2. The van der Waals surface area contributed by atoms with Crippen molar-refractivity contribution in [2.75, 3.05) is 5.32 Å². The van der Waals surface area contributed by atoms with Crippen molar-refractivity contribution >= 4 is 45.8 Å². The number of urea groups is 1. The van der Waals surface area contributed by atoms with Crippen LogP contribution in [0.25, 0.3) is 10.9 Å². The number of carbonyl (C=O) groups is 1. The van der Waals surface area contributed by atoms with Crippen molar-refractivity contribution in [3.8, 4) is 0 Å². The summed E-state index contributed by atoms with van der Waals surface area (Å²) in [6.45, 7) is 0. The number of hydrogen-bond donors (Lipinski definition) is 3. The molecule has 122 valence electrons. The topological polar surface area (TPSA) is 56.9 Å². The summed E-state index contributed by atoms with van der Waals surface area (Å²) >= 11 is 11.8. The molecule has 0 saturated heterocycles. The van der Waals surface area contributed by atoms with Gasteiger partial charge in [-0.2, -0.15) is 0 Å². The highest BCUT2D eigenvalue weighted by Crippen LogP contribution is 2.30. The number of halogens is 2. The molecule has 0 aliphatic heterocycles. The second kappa shape index (κ2) is 6.04. The highest BCUT2D eigenvalue weighted by Gasteiger charge is 2.26. The van der Waals surface area contributed by atoms with Gasteiger partial charge in [0.1, 0.15) is 0 Å². The van der Waals surface area contributed by atoms with Crippen LogP contribution in [0.15, 0.2) is 42.5 Å². The first kappa shape index (κ1) is 15.4. The Kier molecular flexibility index (Phi) is 3.87. The SMILES string of the molecule is O=C(Nc1ccc(Cl)c(Cl)c1)NC1Cc2[nH]c3ccccc3c2C1. The first-order valence-electron chi connectivity index (χ1n) is 7.71. The molecule has 2 amide bonds. The Labute approximate surface area is 149 Å². The summed E-state index contributed by atoms with van der Waals surface area (Å²) in [6.07, 6.45) is 1.63. The molecule has 1 unspecified atom stereocenters. The minimum Gasteiger partial charge on any atom is -0.358 e. The zero-order chi connectivity index (χ0) is 16.7. The number of aromatic amines is 1. The fourth-order valence-electron chi connectivity index (χ4n) is 3.26. The van der Waals surface area contributed by atoms with Gasteiger partial charge in [-0.05, 0) is 36.2 Å². The molecule has 0 saturated carbocycles. The maximum atomic E-state index is 12.2. The molecule has 4 rings (SSSR count). The molecule has 1 aliphatic carbocycles. The van der Waals surface area contributed by atoms with Gasteiger partial charge in [0.15, 0.2) is 0 Å². The predicted octanol–water partition coefficient (Wildman–Crippen LogP) is 4.76. The van der Waals surface area contributed by atoms with E-state index in [0.717, 1.165) is 18.4 Å². The van der Waals surface area contributed by atoms with Crippen LogP contribution in [0.4, 0.5) is 10.5 Å². The number of H-pyrrole nitrogens is 1. The molecule has 1 aromatic heterocycles. The standard InChI is InChI=1S/C18H15Cl2N3O/c19-14-6-5-10(8-15(14)20)21-18(24)22-11-7-13-12-3-1-2-4-16(12)23-17(13)9-11/h1-6,8,11,23H,7,9H2,(H2,21,22,24). The van der Waals surface area contributed by atoms with Gasteiger partial charge in [-0.15, -0.1) is 0 Å². The molecule has 1 heterocycles. The van der Waals surface area contributed by atoms with E-state index in [1.807, 2.05) is 12.1 Å². The van der Waals surface area contributed by atoms with Crippen LogP contribution in [0.3, 0.4) is 0 Å². The maximum Gasteiger partial charge on any atom is 0.319 e. The smallest absolute Gasteiger partial charge is 0.319 e. The number of benzene rings is 2. The van der Waals surface area contributed by atoms with Crippen molar-refractivity contribution in [1.82, 2.24) is 10.3 Å². The third-order valence-electron chi connectivity index (χ3n) is 4.32. The Balaban J connectivity index is 1.42. The molecule has 0 fully saturated rings. The summed E-state index contributed by atoms with van der Waals surface area (Å²) in [5.74, 6) is 0. The number of carbonyl (C=O) groups excluding carboxylic acids is 1. The number of fused-ring (bicyclic) bond motifs is 3. The lowest BCUT2D eigenvalue weighted by Crippen LogP contribution is -2.38. The van der Waals surface area contributed by atoms with Crippen molar-refractivity contribution in [2.45, 2.75) is 18.9 Å². The van der Waals surface area contributed by atoms with Crippen LogP contribution in [0, 0.1) is 0 Å². The molecule has 0 radical (unpaired) electrons. The molecule has 3 aromatic rings. The Morgan fingerprint density at radius 2 is 1.92 bits per heavy atom. The summed E-state index contributed by atoms with van der Waals surface area (Å²) in [4.78, 5) is 15.6. The molecule has 1 atom stereocenters. The van der Waals surface area contributed by atoms with E-state index in [-0.39, 0.29) is 12.1 Å². The fraction of sp³-hybridized carbons (Fsp3) is 0.167. The Hall–Kier alpha value is -2.17. The van der Waals surface area contributed by atoms with Crippen LogP contribution in [-0.4, -0.2) is 17.1 Å². The van der Waals surface area contributed by atoms with Gasteiger partial charge in [0.05, 0.1) is 10.0 Å². The van der Waals surface area contributed by atoms with E-state index in [2.05, 4.69) is 27.8 Å². The Morgan fingerprint density at radius 1 is 1.08 bits per heavy atom. The molecule has 4 nitrogen and oxygen atoms in total. The van der Waals surface area contributed by atoms with Gasteiger partial charge >= 0.3 is 6.03 Å². The minimum atomic E-state index is -0.243. The number of aromatic nitrogens is 1. The van der Waals surface area contributed by atoms with E-state index < -0.39 is 0 Å². The van der Waals surface area contributed by atoms with E-state index >= 15 is 0 Å². The summed E-state index contributed by atoms with van der Waals surface area (Å²) in [5, 5.41) is 7.92. The number of para-hydroxylation sites is 1. The second-order valence-electron chi connectivity index (χ2n) is 5.96. The van der Waals surface area contributed by atoms with Gasteiger partial charge in [-0.3, -0.25) is 0 Å². The fourth-order valence-corrected chi connectivity index (χ4v) is 3.55. The van der Waals surface area contributed by atoms with E-state index in [9.17, 15) is 4.79 Å². The van der Waals surface area contributed by atoms with Crippen LogP contribution >= 0.6 is 23.2 Å². The first-order chi connectivity index (χ1) is 11.6. The largest absolute Gasteiger partial charge is 0.358 e. The van der Waals surface area contributed by atoms with Crippen molar-refractivity contribution in [2.24, 2.45) is 0 Å². The van der Waals surface area contributed by atoms with E-state index in [4.69, 9.17) is 23.2 Å². The van der Waals surface area contributed by atoms with Gasteiger partial charge in [-0.25, -0.2) is 4.79 Å². The molecule has 0 bridgehead atoms. The highest BCUT2D eigenvalue weighted by atomic mass is 35.5. The predicted molar refractivity (Wildman–Crippen MR) is 98.1 cm³/mol. The second-order valence-corrected chi connectivity index (χ2v) is 6.77. The number of hydrogen-bond acceptors (Lipinski definition) is 1. The van der Waals surface area contributed by atoms with Crippen LogP contribution in [0.5, 0.6) is 0 Å². The molecular weight excluding hydrogens is 345 g/mol. The quantitative estimate of drug-likeness (QED) is 0.606. The molecule has 3 N–H and O–H groups in total.